The second-order valence-electron chi connectivity index (χ2n) is 11.2. The molecule has 0 aromatic heterocycles. The molecule has 1 aromatic rings. The summed E-state index contributed by atoms with van der Waals surface area (Å²) in [4.78, 5) is 38.5. The van der Waals surface area contributed by atoms with E-state index in [0.717, 1.165) is 5.56 Å². The second kappa shape index (κ2) is 10.7. The third-order valence-electron chi connectivity index (χ3n) is 5.38. The third-order valence-corrected chi connectivity index (χ3v) is 5.38. The second-order valence-corrected chi connectivity index (χ2v) is 11.2. The Morgan fingerprint density at radius 3 is 2.35 bits per heavy atom. The van der Waals surface area contributed by atoms with Crippen molar-refractivity contribution < 1.29 is 23.9 Å². The van der Waals surface area contributed by atoms with Gasteiger partial charge in [0.15, 0.2) is 0 Å². The largest absolute Gasteiger partial charge is 0.444 e. The van der Waals surface area contributed by atoms with Gasteiger partial charge in [0.05, 0.1) is 12.6 Å². The summed E-state index contributed by atoms with van der Waals surface area (Å²) < 4.78 is 11.7. The quantitative estimate of drug-likeness (QED) is 0.442. The lowest BCUT2D eigenvalue weighted by molar-refractivity contribution is -0.134. The molecule has 2 unspecified atom stereocenters. The summed E-state index contributed by atoms with van der Waals surface area (Å²) >= 11 is 0. The average molecular weight is 477 g/mol. The maximum absolute atomic E-state index is 13.1. The van der Waals surface area contributed by atoms with E-state index in [1.165, 1.54) is 0 Å². The summed E-state index contributed by atoms with van der Waals surface area (Å²) in [6.45, 7) is 15.8. The molecule has 0 bridgehead atoms. The van der Waals surface area contributed by atoms with Crippen LogP contribution in [0.1, 0.15) is 61.0 Å². The molecule has 0 saturated carbocycles. The molecule has 2 atom stereocenters. The number of carbonyl (C=O) groups is 3. The molecule has 34 heavy (non-hydrogen) atoms. The Labute approximate surface area is 203 Å². The molecule has 190 valence electrons. The minimum atomic E-state index is -0.859. The van der Waals surface area contributed by atoms with Gasteiger partial charge in [0.25, 0.3) is 5.91 Å². The van der Waals surface area contributed by atoms with E-state index in [4.69, 9.17) is 9.47 Å². The fourth-order valence-electron chi connectivity index (χ4n) is 3.85. The topological polar surface area (TPSA) is 100 Å². The Balaban J connectivity index is 2.19. The molecule has 1 aromatic carbocycles. The van der Waals surface area contributed by atoms with Crippen LogP contribution in [0.4, 0.5) is 4.79 Å². The maximum atomic E-state index is 13.1. The number of carbonyl (C=O) groups excluding carboxylic acids is 3. The zero-order valence-corrected chi connectivity index (χ0v) is 21.7. The zero-order chi connectivity index (χ0) is 25.7. The first-order valence-electron chi connectivity index (χ1n) is 11.6. The Hall–Kier alpha value is -2.65. The van der Waals surface area contributed by atoms with Crippen molar-refractivity contribution in [2.24, 2.45) is 5.41 Å². The molecule has 1 aliphatic heterocycles. The fourth-order valence-corrected chi connectivity index (χ4v) is 3.85. The van der Waals surface area contributed by atoms with Gasteiger partial charge in [-0.15, -0.1) is 0 Å². The molecule has 0 radical (unpaired) electrons. The lowest BCUT2D eigenvalue weighted by Crippen LogP contribution is -2.56. The van der Waals surface area contributed by atoms with Crippen LogP contribution < -0.4 is 10.7 Å². The summed E-state index contributed by atoms with van der Waals surface area (Å²) in [5.41, 5.74) is 1.99. The lowest BCUT2D eigenvalue weighted by Gasteiger charge is -2.33. The summed E-state index contributed by atoms with van der Waals surface area (Å²) in [6, 6.07) is 9.01. The van der Waals surface area contributed by atoms with Crippen molar-refractivity contribution in [2.45, 2.75) is 85.4 Å². The zero-order valence-electron chi connectivity index (χ0n) is 21.7. The highest BCUT2D eigenvalue weighted by Gasteiger charge is 2.44. The summed E-state index contributed by atoms with van der Waals surface area (Å²) in [5.74, 6) is -0.322. The Morgan fingerprint density at radius 1 is 1.21 bits per heavy atom. The van der Waals surface area contributed by atoms with Crippen molar-refractivity contribution >= 4 is 18.4 Å². The predicted octanol–water partition coefficient (Wildman–Crippen LogP) is 3.05. The van der Waals surface area contributed by atoms with E-state index in [0.29, 0.717) is 26.0 Å². The van der Waals surface area contributed by atoms with E-state index in [1.807, 2.05) is 85.7 Å². The van der Waals surface area contributed by atoms with Crippen LogP contribution in [-0.4, -0.2) is 64.9 Å². The van der Waals surface area contributed by atoms with Gasteiger partial charge in [-0.3, -0.25) is 19.9 Å². The van der Waals surface area contributed by atoms with Gasteiger partial charge in [-0.2, -0.15) is 0 Å². The number of benzene rings is 1. The Bertz CT molecular complexity index is 845. The standard InChI is InChI=1S/C25H40N4O5/c1-23(2,3)20(26-17-30)21(31)27-28(14-18-12-10-9-11-13-18)15-19-16-29(25(7,8)33-19)22(32)34-24(4,5)6/h9-13,17,19-20H,14-16H2,1-8H3,(H,26,30)(H,27,31). The van der Waals surface area contributed by atoms with Gasteiger partial charge < -0.3 is 14.8 Å². The molecule has 2 rings (SSSR count). The Kier molecular flexibility index (Phi) is 8.71. The van der Waals surface area contributed by atoms with Gasteiger partial charge in [-0.25, -0.2) is 9.80 Å². The first kappa shape index (κ1) is 27.6. The van der Waals surface area contributed by atoms with Crippen molar-refractivity contribution in [3.8, 4) is 0 Å². The number of hydrazine groups is 1. The number of rotatable bonds is 8. The molecule has 9 heteroatoms. The van der Waals surface area contributed by atoms with Gasteiger partial charge in [0, 0.05) is 13.1 Å². The van der Waals surface area contributed by atoms with Crippen LogP contribution in [0.3, 0.4) is 0 Å². The van der Waals surface area contributed by atoms with Crippen LogP contribution in [0, 0.1) is 5.41 Å². The van der Waals surface area contributed by atoms with Crippen molar-refractivity contribution in [1.29, 1.82) is 0 Å². The van der Waals surface area contributed by atoms with Crippen LogP contribution in [-0.2, 0) is 25.6 Å². The van der Waals surface area contributed by atoms with E-state index in [2.05, 4.69) is 10.7 Å². The first-order valence-corrected chi connectivity index (χ1v) is 11.6. The molecule has 2 N–H and O–H groups in total. The van der Waals surface area contributed by atoms with E-state index in [-0.39, 0.29) is 12.0 Å². The number of ether oxygens (including phenoxy) is 2. The molecule has 1 aliphatic rings. The maximum Gasteiger partial charge on any atom is 0.412 e. The molecule has 9 nitrogen and oxygen atoms in total. The minimum Gasteiger partial charge on any atom is -0.444 e. The monoisotopic (exact) mass is 476 g/mol. The van der Waals surface area contributed by atoms with Crippen LogP contribution >= 0.6 is 0 Å². The van der Waals surface area contributed by atoms with Crippen LogP contribution in [0.25, 0.3) is 0 Å². The first-order chi connectivity index (χ1) is 15.6. The average Bonchev–Trinajstić information content (AvgIpc) is 2.98. The van der Waals surface area contributed by atoms with Crippen LogP contribution in [0.2, 0.25) is 0 Å². The van der Waals surface area contributed by atoms with Gasteiger partial charge in [-0.05, 0) is 45.6 Å². The minimum absolute atomic E-state index is 0.318. The predicted molar refractivity (Wildman–Crippen MR) is 129 cm³/mol. The number of hydrogen-bond donors (Lipinski definition) is 2. The molecule has 0 spiro atoms. The lowest BCUT2D eigenvalue weighted by atomic mass is 9.86. The van der Waals surface area contributed by atoms with Gasteiger partial charge in [0.2, 0.25) is 6.41 Å². The van der Waals surface area contributed by atoms with E-state index >= 15 is 0 Å². The summed E-state index contributed by atoms with van der Waals surface area (Å²) in [5, 5.41) is 4.39. The van der Waals surface area contributed by atoms with Crippen molar-refractivity contribution in [3.05, 3.63) is 35.9 Å². The smallest absolute Gasteiger partial charge is 0.412 e. The third kappa shape index (κ3) is 7.99. The molecule has 1 heterocycles. The molecular weight excluding hydrogens is 436 g/mol. The van der Waals surface area contributed by atoms with Crippen molar-refractivity contribution in [1.82, 2.24) is 20.7 Å². The molecular formula is C25H40N4O5. The highest BCUT2D eigenvalue weighted by atomic mass is 16.6. The van der Waals surface area contributed by atoms with Crippen LogP contribution in [0.5, 0.6) is 0 Å². The SMILES string of the molecule is CC(C)(C)OC(=O)N1CC(CN(Cc2ccccc2)NC(=O)C(NC=O)C(C)(C)C)OC1(C)C. The van der Waals surface area contributed by atoms with Gasteiger partial charge in [0.1, 0.15) is 17.4 Å². The highest BCUT2D eigenvalue weighted by molar-refractivity contribution is 5.84. The van der Waals surface area contributed by atoms with Gasteiger partial charge >= 0.3 is 6.09 Å². The summed E-state index contributed by atoms with van der Waals surface area (Å²) in [7, 11) is 0. The number of nitrogens with zero attached hydrogens (tertiary/aromatic N) is 2. The molecule has 0 aliphatic carbocycles. The normalized spacial score (nSPS) is 19.0. The molecule has 1 fully saturated rings. The van der Waals surface area contributed by atoms with Crippen molar-refractivity contribution in [2.75, 3.05) is 13.1 Å². The highest BCUT2D eigenvalue weighted by Crippen LogP contribution is 2.29. The van der Waals surface area contributed by atoms with Crippen LogP contribution in [0.15, 0.2) is 30.3 Å². The van der Waals surface area contributed by atoms with E-state index < -0.39 is 28.9 Å². The number of hydrogen-bond acceptors (Lipinski definition) is 6. The number of amides is 3. The van der Waals surface area contributed by atoms with E-state index in [9.17, 15) is 14.4 Å². The van der Waals surface area contributed by atoms with Crippen molar-refractivity contribution in [3.63, 3.8) is 0 Å². The summed E-state index contributed by atoms with van der Waals surface area (Å²) in [6.07, 6.45) is -0.265. The fraction of sp³-hybridized carbons (Fsp3) is 0.640. The molecule has 1 saturated heterocycles. The number of nitrogens with one attached hydrogen (secondary N) is 2. The molecule has 3 amide bonds. The Morgan fingerprint density at radius 2 is 1.82 bits per heavy atom. The van der Waals surface area contributed by atoms with E-state index in [1.54, 1.807) is 9.91 Å². The van der Waals surface area contributed by atoms with Gasteiger partial charge in [-0.1, -0.05) is 51.1 Å².